The molecular weight excluding hydrogens is 446 g/mol. The molecule has 0 aromatic rings. The first-order valence-electron chi connectivity index (χ1n) is 8.63. The molecule has 150 valence electrons. The minimum atomic E-state index is -4.17. The van der Waals surface area contributed by atoms with Gasteiger partial charge in [-0.1, -0.05) is 0 Å². The van der Waals surface area contributed by atoms with E-state index in [1.54, 1.807) is 0 Å². The molecule has 1 heterocycles. The molecule has 0 aliphatic carbocycles. The Balaban J connectivity index is 0.00000576. The minimum Gasteiger partial charge on any atom is -0.357 e. The summed E-state index contributed by atoms with van der Waals surface area (Å²) < 4.78 is 38.4. The molecule has 1 aliphatic heterocycles. The van der Waals surface area contributed by atoms with E-state index in [1.807, 2.05) is 11.8 Å². The van der Waals surface area contributed by atoms with Crippen LogP contribution in [0.4, 0.5) is 13.2 Å². The van der Waals surface area contributed by atoms with Crippen molar-refractivity contribution in [2.45, 2.75) is 52.4 Å². The van der Waals surface area contributed by atoms with Gasteiger partial charge in [0.1, 0.15) is 6.04 Å². The summed E-state index contributed by atoms with van der Waals surface area (Å²) in [6, 6.07) is -1.39. The molecule has 1 aliphatic rings. The van der Waals surface area contributed by atoms with E-state index in [9.17, 15) is 13.2 Å². The molecule has 0 bridgehead atoms. The highest BCUT2D eigenvalue weighted by molar-refractivity contribution is 14.0. The van der Waals surface area contributed by atoms with Gasteiger partial charge >= 0.3 is 6.18 Å². The largest absolute Gasteiger partial charge is 0.403 e. The van der Waals surface area contributed by atoms with Crippen molar-refractivity contribution in [1.82, 2.24) is 20.4 Å². The zero-order chi connectivity index (χ0) is 18.4. The molecule has 25 heavy (non-hydrogen) atoms. The predicted molar refractivity (Wildman–Crippen MR) is 108 cm³/mol. The molecule has 0 spiro atoms. The number of halogens is 4. The number of guanidine groups is 1. The Kier molecular flexibility index (Phi) is 10.6. The molecule has 1 unspecified atom stereocenters. The van der Waals surface area contributed by atoms with Gasteiger partial charge in [-0.3, -0.25) is 9.89 Å². The van der Waals surface area contributed by atoms with Gasteiger partial charge in [0.05, 0.1) is 6.54 Å². The first-order valence-corrected chi connectivity index (χ1v) is 8.63. The van der Waals surface area contributed by atoms with Crippen molar-refractivity contribution >= 4 is 29.9 Å². The molecule has 0 amide bonds. The molecule has 1 fully saturated rings. The van der Waals surface area contributed by atoms with Crippen molar-refractivity contribution in [1.29, 1.82) is 0 Å². The lowest BCUT2D eigenvalue weighted by Gasteiger charge is -2.39. The van der Waals surface area contributed by atoms with Crippen molar-refractivity contribution in [3.63, 3.8) is 0 Å². The molecule has 9 heteroatoms. The van der Waals surface area contributed by atoms with Gasteiger partial charge in [0, 0.05) is 44.8 Å². The SMILES string of the molecule is CCNC(=NCCNC(C)(C)C)N1CCN(C(C)C(F)(F)F)CC1.I. The van der Waals surface area contributed by atoms with E-state index in [2.05, 4.69) is 36.4 Å². The number of nitrogens with one attached hydrogen (secondary N) is 2. The molecule has 1 atom stereocenters. The Morgan fingerprint density at radius 1 is 1.12 bits per heavy atom. The van der Waals surface area contributed by atoms with Gasteiger partial charge in [0.25, 0.3) is 0 Å². The average Bonchev–Trinajstić information content (AvgIpc) is 2.48. The van der Waals surface area contributed by atoms with Crippen LogP contribution in [0.1, 0.15) is 34.6 Å². The number of hydrogen-bond acceptors (Lipinski definition) is 3. The van der Waals surface area contributed by atoms with Crippen LogP contribution in [0.15, 0.2) is 4.99 Å². The molecule has 0 saturated carbocycles. The molecule has 0 radical (unpaired) electrons. The van der Waals surface area contributed by atoms with Crippen molar-refractivity contribution in [2.75, 3.05) is 45.8 Å². The molecule has 1 rings (SSSR count). The highest BCUT2D eigenvalue weighted by Gasteiger charge is 2.41. The van der Waals surface area contributed by atoms with Crippen LogP contribution in [0.25, 0.3) is 0 Å². The molecule has 2 N–H and O–H groups in total. The average molecular weight is 479 g/mol. The third kappa shape index (κ3) is 9.28. The van der Waals surface area contributed by atoms with Crippen molar-refractivity contribution in [3.05, 3.63) is 0 Å². The zero-order valence-electron chi connectivity index (χ0n) is 15.9. The first kappa shape index (κ1) is 24.7. The van der Waals surface area contributed by atoms with E-state index in [-0.39, 0.29) is 29.5 Å². The fourth-order valence-electron chi connectivity index (χ4n) is 2.55. The highest BCUT2D eigenvalue weighted by Crippen LogP contribution is 2.25. The lowest BCUT2D eigenvalue weighted by molar-refractivity contribution is -0.181. The maximum Gasteiger partial charge on any atom is 0.403 e. The van der Waals surface area contributed by atoms with Gasteiger partial charge in [-0.2, -0.15) is 13.2 Å². The van der Waals surface area contributed by atoms with E-state index in [0.29, 0.717) is 32.7 Å². The number of alkyl halides is 3. The summed E-state index contributed by atoms with van der Waals surface area (Å²) in [7, 11) is 0. The third-order valence-electron chi connectivity index (χ3n) is 4.00. The quantitative estimate of drug-likeness (QED) is 0.276. The Labute approximate surface area is 166 Å². The van der Waals surface area contributed by atoms with Gasteiger partial charge < -0.3 is 15.5 Å². The van der Waals surface area contributed by atoms with Gasteiger partial charge in [-0.05, 0) is 34.6 Å². The summed E-state index contributed by atoms with van der Waals surface area (Å²) in [6.45, 7) is 13.6. The van der Waals surface area contributed by atoms with Crippen molar-refractivity contribution in [3.8, 4) is 0 Å². The minimum absolute atomic E-state index is 0. The zero-order valence-corrected chi connectivity index (χ0v) is 18.2. The van der Waals surface area contributed by atoms with E-state index in [0.717, 1.165) is 19.0 Å². The summed E-state index contributed by atoms with van der Waals surface area (Å²) >= 11 is 0. The lowest BCUT2D eigenvalue weighted by Crippen LogP contribution is -2.56. The van der Waals surface area contributed by atoms with Crippen LogP contribution >= 0.6 is 24.0 Å². The van der Waals surface area contributed by atoms with Gasteiger partial charge in [0.15, 0.2) is 5.96 Å². The normalized spacial score (nSPS) is 18.7. The molecule has 5 nitrogen and oxygen atoms in total. The second-order valence-electron chi connectivity index (χ2n) is 7.15. The van der Waals surface area contributed by atoms with E-state index >= 15 is 0 Å². The van der Waals surface area contributed by atoms with E-state index in [1.165, 1.54) is 11.8 Å². The molecule has 0 aromatic carbocycles. The van der Waals surface area contributed by atoms with Gasteiger partial charge in [-0.25, -0.2) is 0 Å². The van der Waals surface area contributed by atoms with Gasteiger partial charge in [0.2, 0.25) is 0 Å². The van der Waals surface area contributed by atoms with Crippen LogP contribution < -0.4 is 10.6 Å². The summed E-state index contributed by atoms with van der Waals surface area (Å²) in [6.07, 6.45) is -4.17. The molecule has 0 aromatic heterocycles. The van der Waals surface area contributed by atoms with Crippen LogP contribution in [0, 0.1) is 0 Å². The Morgan fingerprint density at radius 3 is 2.12 bits per heavy atom. The van der Waals surface area contributed by atoms with E-state index < -0.39 is 12.2 Å². The Hall–Kier alpha value is -0.290. The number of hydrogen-bond donors (Lipinski definition) is 2. The second-order valence-corrected chi connectivity index (χ2v) is 7.15. The Bertz CT molecular complexity index is 402. The second kappa shape index (κ2) is 10.8. The lowest BCUT2D eigenvalue weighted by atomic mass is 10.1. The summed E-state index contributed by atoms with van der Waals surface area (Å²) in [5, 5.41) is 6.61. The van der Waals surface area contributed by atoms with Crippen LogP contribution in [-0.2, 0) is 0 Å². The van der Waals surface area contributed by atoms with E-state index in [4.69, 9.17) is 0 Å². The Morgan fingerprint density at radius 2 is 1.68 bits per heavy atom. The van der Waals surface area contributed by atoms with Crippen LogP contribution in [0.3, 0.4) is 0 Å². The van der Waals surface area contributed by atoms with Crippen LogP contribution in [-0.4, -0.2) is 79.3 Å². The van der Waals surface area contributed by atoms with Crippen LogP contribution in [0.2, 0.25) is 0 Å². The molecular formula is C16H33F3IN5. The summed E-state index contributed by atoms with van der Waals surface area (Å²) in [4.78, 5) is 8.12. The van der Waals surface area contributed by atoms with Crippen molar-refractivity contribution in [2.24, 2.45) is 4.99 Å². The summed E-state index contributed by atoms with van der Waals surface area (Å²) in [5.74, 6) is 0.785. The topological polar surface area (TPSA) is 42.9 Å². The van der Waals surface area contributed by atoms with Crippen LogP contribution in [0.5, 0.6) is 0 Å². The predicted octanol–water partition coefficient (Wildman–Crippen LogP) is 2.53. The van der Waals surface area contributed by atoms with Crippen molar-refractivity contribution < 1.29 is 13.2 Å². The number of nitrogens with zero attached hydrogens (tertiary/aromatic N) is 3. The third-order valence-corrected chi connectivity index (χ3v) is 4.00. The highest BCUT2D eigenvalue weighted by atomic mass is 127. The number of aliphatic imine (C=N–C) groups is 1. The summed E-state index contributed by atoms with van der Waals surface area (Å²) in [5.41, 5.74) is 0.0488. The fraction of sp³-hybridized carbons (Fsp3) is 0.938. The van der Waals surface area contributed by atoms with Gasteiger partial charge in [-0.15, -0.1) is 24.0 Å². The number of rotatable bonds is 5. The monoisotopic (exact) mass is 479 g/mol. The first-order chi connectivity index (χ1) is 11.0. The number of piperazine rings is 1. The maximum atomic E-state index is 12.8. The fourth-order valence-corrected chi connectivity index (χ4v) is 2.55. The smallest absolute Gasteiger partial charge is 0.357 e. The standard InChI is InChI=1S/C16H32F3N5.HI/c1-6-20-14(21-7-8-22-15(3,4)5)24-11-9-23(10-12-24)13(2)16(17,18)19;/h13,22H,6-12H2,1-5H3,(H,20,21);1H. The molecule has 1 saturated heterocycles. The maximum absolute atomic E-state index is 12.8.